The van der Waals surface area contributed by atoms with Gasteiger partial charge in [0.1, 0.15) is 0 Å². The molecule has 1 heterocycles. The van der Waals surface area contributed by atoms with Gasteiger partial charge in [-0.2, -0.15) is 5.10 Å². The fraction of sp³-hybridized carbons (Fsp3) is 0.524. The van der Waals surface area contributed by atoms with E-state index in [2.05, 4.69) is 35.1 Å². The molecule has 1 fully saturated rings. The molecule has 1 aromatic carbocycles. The maximum atomic E-state index is 12.8. The quantitative estimate of drug-likeness (QED) is 0.514. The second-order valence-corrected chi connectivity index (χ2v) is 8.40. The molecule has 1 aliphatic carbocycles. The average Bonchev–Trinajstić information content (AvgIpc) is 2.72. The summed E-state index contributed by atoms with van der Waals surface area (Å²) in [5, 5.41) is 9.01. The van der Waals surface area contributed by atoms with Crippen molar-refractivity contribution in [2.45, 2.75) is 65.0 Å². The number of carbonyl (C=O) groups is 1. The first-order valence-corrected chi connectivity index (χ1v) is 10.7. The molecule has 0 aliphatic heterocycles. The molecule has 0 atom stereocenters. The number of carbonyl (C=O) groups excluding carboxylic acids is 1. The van der Waals surface area contributed by atoms with Crippen LogP contribution in [0.1, 0.15) is 62.9 Å². The Bertz CT molecular complexity index is 934. The number of fused-ring (bicyclic) bond motifs is 1. The zero-order chi connectivity index (χ0) is 20.8. The topological polar surface area (TPSA) is 88.1 Å². The third-order valence-electron chi connectivity index (χ3n) is 5.23. The van der Waals surface area contributed by atoms with Gasteiger partial charge in [-0.3, -0.25) is 20.4 Å². The lowest BCUT2D eigenvalue weighted by Crippen LogP contribution is -2.50. The molecule has 156 valence electrons. The average molecular weight is 416 g/mol. The molecule has 3 N–H and O–H groups in total. The molecule has 7 nitrogen and oxygen atoms in total. The van der Waals surface area contributed by atoms with Crippen molar-refractivity contribution >= 4 is 34.0 Å². The van der Waals surface area contributed by atoms with Crippen LogP contribution in [0.2, 0.25) is 0 Å². The van der Waals surface area contributed by atoms with E-state index in [1.165, 1.54) is 23.9 Å². The Morgan fingerprint density at radius 3 is 2.55 bits per heavy atom. The highest BCUT2D eigenvalue weighted by molar-refractivity contribution is 7.80. The Balaban J connectivity index is 1.74. The van der Waals surface area contributed by atoms with Crippen LogP contribution in [0.15, 0.2) is 29.1 Å². The Hall–Kier alpha value is -2.48. The summed E-state index contributed by atoms with van der Waals surface area (Å²) in [6.45, 7) is 4.64. The molecule has 1 amide bonds. The number of aryl methyl sites for hydroxylation is 1. The number of hydrogen-bond donors (Lipinski definition) is 3. The fourth-order valence-corrected chi connectivity index (χ4v) is 3.79. The molecule has 8 heteroatoms. The van der Waals surface area contributed by atoms with Crippen LogP contribution in [0.3, 0.4) is 0 Å². The number of aromatic nitrogens is 2. The fourth-order valence-electron chi connectivity index (χ4n) is 3.58. The summed E-state index contributed by atoms with van der Waals surface area (Å²) in [4.78, 5) is 25.5. The largest absolute Gasteiger partial charge is 0.359 e. The molecule has 29 heavy (non-hydrogen) atoms. The van der Waals surface area contributed by atoms with Crippen LogP contribution in [0.25, 0.3) is 10.8 Å². The molecular formula is C21H29N5O2S. The van der Waals surface area contributed by atoms with Gasteiger partial charge in [0.05, 0.1) is 5.39 Å². The molecule has 1 saturated carbocycles. The van der Waals surface area contributed by atoms with Crippen LogP contribution in [0, 0.1) is 5.92 Å². The van der Waals surface area contributed by atoms with Gasteiger partial charge in [0.15, 0.2) is 10.8 Å². The monoisotopic (exact) mass is 415 g/mol. The number of rotatable bonds is 5. The van der Waals surface area contributed by atoms with E-state index in [4.69, 9.17) is 12.2 Å². The van der Waals surface area contributed by atoms with Crippen LogP contribution in [-0.2, 0) is 6.54 Å². The van der Waals surface area contributed by atoms with Crippen molar-refractivity contribution in [3.63, 3.8) is 0 Å². The summed E-state index contributed by atoms with van der Waals surface area (Å²) in [6.07, 6.45) is 6.63. The minimum Gasteiger partial charge on any atom is -0.359 e. The first kappa shape index (κ1) is 21.2. The smallest absolute Gasteiger partial charge is 0.290 e. The van der Waals surface area contributed by atoms with Crippen LogP contribution in [0.5, 0.6) is 0 Å². The van der Waals surface area contributed by atoms with Gasteiger partial charge < -0.3 is 5.32 Å². The highest BCUT2D eigenvalue weighted by atomic mass is 32.1. The van der Waals surface area contributed by atoms with E-state index in [0.717, 1.165) is 19.3 Å². The van der Waals surface area contributed by atoms with Gasteiger partial charge in [-0.15, -0.1) is 0 Å². The van der Waals surface area contributed by atoms with E-state index in [1.807, 2.05) is 0 Å². The third kappa shape index (κ3) is 5.53. The maximum absolute atomic E-state index is 12.8. The second kappa shape index (κ2) is 9.82. The molecular weight excluding hydrogens is 386 g/mol. The van der Waals surface area contributed by atoms with Crippen LogP contribution < -0.4 is 21.7 Å². The van der Waals surface area contributed by atoms with Crippen molar-refractivity contribution in [1.29, 1.82) is 0 Å². The van der Waals surface area contributed by atoms with E-state index >= 15 is 0 Å². The van der Waals surface area contributed by atoms with E-state index in [1.54, 1.807) is 24.3 Å². The van der Waals surface area contributed by atoms with Crippen molar-refractivity contribution in [3.8, 4) is 0 Å². The number of thiocarbonyl (C=S) groups is 1. The minimum absolute atomic E-state index is 0.180. The number of benzene rings is 1. The zero-order valence-electron chi connectivity index (χ0n) is 17.0. The summed E-state index contributed by atoms with van der Waals surface area (Å²) >= 11 is 5.30. The van der Waals surface area contributed by atoms with Crippen LogP contribution >= 0.6 is 12.2 Å². The van der Waals surface area contributed by atoms with Gasteiger partial charge in [-0.05, 0) is 43.5 Å². The van der Waals surface area contributed by atoms with E-state index in [0.29, 0.717) is 34.4 Å². The normalized spacial score (nSPS) is 14.7. The molecule has 0 bridgehead atoms. The zero-order valence-corrected chi connectivity index (χ0v) is 17.8. The Kier molecular flexibility index (Phi) is 7.19. The number of amides is 1. The van der Waals surface area contributed by atoms with Crippen molar-refractivity contribution in [2.24, 2.45) is 5.92 Å². The predicted molar refractivity (Wildman–Crippen MR) is 119 cm³/mol. The molecule has 3 rings (SSSR count). The number of hydrogen-bond acceptors (Lipinski definition) is 4. The lowest BCUT2D eigenvalue weighted by atomic mass is 9.96. The lowest BCUT2D eigenvalue weighted by Gasteiger charge is -2.24. The van der Waals surface area contributed by atoms with E-state index in [-0.39, 0.29) is 11.3 Å². The first-order chi connectivity index (χ1) is 14.0. The van der Waals surface area contributed by atoms with Crippen molar-refractivity contribution in [3.05, 3.63) is 40.3 Å². The molecule has 1 aromatic heterocycles. The maximum Gasteiger partial charge on any atom is 0.290 e. The SMILES string of the molecule is CC(C)CCn1nc(C(=O)NNC(=S)NC2CCCCC2)c2ccccc2c1=O. The summed E-state index contributed by atoms with van der Waals surface area (Å²) in [5.41, 5.74) is 5.42. The van der Waals surface area contributed by atoms with Crippen molar-refractivity contribution in [1.82, 2.24) is 25.9 Å². The lowest BCUT2D eigenvalue weighted by molar-refractivity contribution is 0.0937. The van der Waals surface area contributed by atoms with Gasteiger partial charge in [-0.1, -0.05) is 51.3 Å². The van der Waals surface area contributed by atoms with Gasteiger partial charge in [0.2, 0.25) is 0 Å². The van der Waals surface area contributed by atoms with Gasteiger partial charge in [-0.25, -0.2) is 4.68 Å². The van der Waals surface area contributed by atoms with Crippen LogP contribution in [-0.4, -0.2) is 26.8 Å². The highest BCUT2D eigenvalue weighted by Gasteiger charge is 2.18. The van der Waals surface area contributed by atoms with Crippen molar-refractivity contribution < 1.29 is 4.79 Å². The molecule has 2 aromatic rings. The molecule has 1 aliphatic rings. The third-order valence-corrected chi connectivity index (χ3v) is 5.45. The summed E-state index contributed by atoms with van der Waals surface area (Å²) in [5.74, 6) is 0.00430. The van der Waals surface area contributed by atoms with Crippen LogP contribution in [0.4, 0.5) is 0 Å². The second-order valence-electron chi connectivity index (χ2n) is 7.99. The summed E-state index contributed by atoms with van der Waals surface area (Å²) in [6, 6.07) is 7.40. The molecule has 0 radical (unpaired) electrons. The predicted octanol–water partition coefficient (Wildman–Crippen LogP) is 2.88. The standard InChI is InChI=1S/C21H29N5O2S/c1-14(2)12-13-26-20(28)17-11-7-6-10-16(17)18(25-26)19(27)23-24-21(29)22-15-8-4-3-5-9-15/h6-7,10-11,14-15H,3-5,8-9,12-13H2,1-2H3,(H,23,27)(H2,22,24,29). The van der Waals surface area contributed by atoms with Crippen molar-refractivity contribution in [2.75, 3.05) is 0 Å². The minimum atomic E-state index is -0.424. The highest BCUT2D eigenvalue weighted by Crippen LogP contribution is 2.17. The van der Waals surface area contributed by atoms with Gasteiger partial charge in [0.25, 0.3) is 11.5 Å². The summed E-state index contributed by atoms with van der Waals surface area (Å²) < 4.78 is 1.38. The molecule has 0 unspecified atom stereocenters. The number of nitrogens with one attached hydrogen (secondary N) is 3. The van der Waals surface area contributed by atoms with Gasteiger partial charge in [0, 0.05) is 18.0 Å². The van der Waals surface area contributed by atoms with Gasteiger partial charge >= 0.3 is 0 Å². The Labute approximate surface area is 176 Å². The summed E-state index contributed by atoms with van der Waals surface area (Å²) in [7, 11) is 0. The number of nitrogens with zero attached hydrogens (tertiary/aromatic N) is 2. The Morgan fingerprint density at radius 2 is 1.86 bits per heavy atom. The number of hydrazine groups is 1. The Morgan fingerprint density at radius 1 is 1.17 bits per heavy atom. The molecule has 0 spiro atoms. The van der Waals surface area contributed by atoms with E-state index < -0.39 is 5.91 Å². The molecule has 0 saturated heterocycles. The van der Waals surface area contributed by atoms with E-state index in [9.17, 15) is 9.59 Å². The first-order valence-electron chi connectivity index (χ1n) is 10.3.